The molecule has 0 aliphatic carbocycles. The number of phosphoric ester groups is 1. The highest BCUT2D eigenvalue weighted by Gasteiger charge is 2.25. The molecule has 0 radical (unpaired) electrons. The average Bonchev–Trinajstić information content (AvgIpc) is 3.20. The normalized spacial score (nSPS) is 14.1. The third-order valence-electron chi connectivity index (χ3n) is 8.78. The molecule has 9 nitrogen and oxygen atoms in total. The van der Waals surface area contributed by atoms with E-state index in [1.54, 1.807) is 0 Å². The molecule has 10 heteroatoms. The molecule has 3 N–H and O–H groups in total. The first-order valence-electron chi connectivity index (χ1n) is 22.1. The van der Waals surface area contributed by atoms with E-state index >= 15 is 0 Å². The first-order valence-corrected chi connectivity index (χ1v) is 23.6. The van der Waals surface area contributed by atoms with Crippen LogP contribution in [0.1, 0.15) is 168 Å². The van der Waals surface area contributed by atoms with Gasteiger partial charge in [-0.3, -0.25) is 18.6 Å². The predicted molar refractivity (Wildman–Crippen MR) is 238 cm³/mol. The van der Waals surface area contributed by atoms with Crippen LogP contribution in [0.15, 0.2) is 85.1 Å². The van der Waals surface area contributed by atoms with Crippen molar-refractivity contribution in [3.05, 3.63) is 85.1 Å². The van der Waals surface area contributed by atoms with E-state index in [0.717, 1.165) is 64.2 Å². The van der Waals surface area contributed by atoms with Gasteiger partial charge in [-0.1, -0.05) is 163 Å². The molecule has 0 aromatic heterocycles. The van der Waals surface area contributed by atoms with E-state index in [2.05, 4.69) is 86.8 Å². The van der Waals surface area contributed by atoms with Gasteiger partial charge in [-0.2, -0.15) is 0 Å². The lowest BCUT2D eigenvalue weighted by Crippen LogP contribution is -2.29. The monoisotopic (exact) mass is 818 g/mol. The average molecular weight is 818 g/mol. The van der Waals surface area contributed by atoms with E-state index in [9.17, 15) is 19.0 Å². The largest absolute Gasteiger partial charge is 0.472 e. The van der Waals surface area contributed by atoms with Crippen LogP contribution in [-0.2, 0) is 32.7 Å². The Morgan fingerprint density at radius 2 is 1.00 bits per heavy atom. The number of phosphoric acid groups is 1. The zero-order valence-corrected chi connectivity index (χ0v) is 36.7. The Labute approximate surface area is 347 Å². The van der Waals surface area contributed by atoms with Crippen molar-refractivity contribution in [3.63, 3.8) is 0 Å². The van der Waals surface area contributed by atoms with Crippen LogP contribution in [0.3, 0.4) is 0 Å². The highest BCUT2D eigenvalue weighted by molar-refractivity contribution is 7.47. The van der Waals surface area contributed by atoms with E-state index in [0.29, 0.717) is 12.8 Å². The second kappa shape index (κ2) is 42.8. The lowest BCUT2D eigenvalue weighted by atomic mass is 10.1. The van der Waals surface area contributed by atoms with E-state index in [1.807, 2.05) is 12.2 Å². The summed E-state index contributed by atoms with van der Waals surface area (Å²) in [7, 11) is -4.40. The van der Waals surface area contributed by atoms with E-state index < -0.39 is 32.5 Å². The summed E-state index contributed by atoms with van der Waals surface area (Å²) in [5, 5.41) is 0. The van der Waals surface area contributed by atoms with Crippen molar-refractivity contribution in [1.29, 1.82) is 0 Å². The zero-order valence-electron chi connectivity index (χ0n) is 35.8. The molecule has 0 saturated carbocycles. The van der Waals surface area contributed by atoms with Gasteiger partial charge < -0.3 is 20.1 Å². The summed E-state index contributed by atoms with van der Waals surface area (Å²) in [6.45, 7) is 3.49. The smallest absolute Gasteiger partial charge is 0.462 e. The Balaban J connectivity index is 4.18. The van der Waals surface area contributed by atoms with Gasteiger partial charge in [0, 0.05) is 19.4 Å². The van der Waals surface area contributed by atoms with Gasteiger partial charge in [-0.25, -0.2) is 4.57 Å². The highest BCUT2D eigenvalue weighted by Crippen LogP contribution is 2.43. The molecule has 0 rings (SSSR count). The number of ether oxygens (including phenoxy) is 2. The first-order chi connectivity index (χ1) is 27.8. The lowest BCUT2D eigenvalue weighted by molar-refractivity contribution is -0.161. The molecule has 0 aromatic rings. The maximum atomic E-state index is 12.5. The minimum Gasteiger partial charge on any atom is -0.462 e. The van der Waals surface area contributed by atoms with Crippen molar-refractivity contribution in [2.45, 2.75) is 174 Å². The van der Waals surface area contributed by atoms with Gasteiger partial charge in [0.2, 0.25) is 0 Å². The summed E-state index contributed by atoms with van der Waals surface area (Å²) in [6, 6.07) is 0. The fraction of sp³-hybridized carbons (Fsp3) is 0.660. The van der Waals surface area contributed by atoms with Gasteiger partial charge >= 0.3 is 19.8 Å². The second-order valence-electron chi connectivity index (χ2n) is 14.2. The molecule has 0 saturated heterocycles. The third-order valence-corrected chi connectivity index (χ3v) is 9.76. The molecular formula is C47H80NO8P. The maximum absolute atomic E-state index is 12.5. The Morgan fingerprint density at radius 1 is 0.544 bits per heavy atom. The van der Waals surface area contributed by atoms with Crippen molar-refractivity contribution in [3.8, 4) is 0 Å². The van der Waals surface area contributed by atoms with Gasteiger partial charge in [-0.05, 0) is 77.0 Å². The Kier molecular flexibility index (Phi) is 40.7. The van der Waals surface area contributed by atoms with Crippen LogP contribution in [0, 0.1) is 0 Å². The molecule has 0 heterocycles. The van der Waals surface area contributed by atoms with Gasteiger partial charge in [0.1, 0.15) is 6.61 Å². The molecule has 57 heavy (non-hydrogen) atoms. The summed E-state index contributed by atoms with van der Waals surface area (Å²) >= 11 is 0. The van der Waals surface area contributed by atoms with Crippen molar-refractivity contribution in [1.82, 2.24) is 0 Å². The number of hydrogen-bond donors (Lipinski definition) is 2. The minimum atomic E-state index is -4.40. The molecule has 0 aliphatic rings. The number of carbonyl (C=O) groups excluding carboxylic acids is 2. The zero-order chi connectivity index (χ0) is 41.8. The van der Waals surface area contributed by atoms with E-state index in [-0.39, 0.29) is 32.6 Å². The molecule has 2 atom stereocenters. The predicted octanol–water partition coefficient (Wildman–Crippen LogP) is 12.8. The fourth-order valence-corrected chi connectivity index (χ4v) is 6.30. The standard InChI is InChI=1S/C47H80NO8P/c1-3-5-7-9-11-13-15-17-18-19-20-21-22-23-24-25-26-28-29-31-33-35-37-39-46(49)53-43-45(44-55-57(51,52)54-42-41-48)56-47(50)40-38-36-34-32-30-27-16-14-12-10-8-6-4-2/h6,8,12,14-15,17,19-20,22-23,27,30,34,36,45H,3-5,7,9-11,13,16,18,21,24-26,28-29,31-33,35,37-44,48H2,1-2H3,(H,51,52)/b8-6-,14-12-,17-15-,20-19-,23-22-,30-27-,36-34-. The van der Waals surface area contributed by atoms with Gasteiger partial charge in [-0.15, -0.1) is 0 Å². The fourth-order valence-electron chi connectivity index (χ4n) is 5.54. The molecule has 326 valence electrons. The van der Waals surface area contributed by atoms with Crippen LogP contribution in [0.5, 0.6) is 0 Å². The third kappa shape index (κ3) is 42.6. The Hall–Kier alpha value is -2.81. The second-order valence-corrected chi connectivity index (χ2v) is 15.6. The molecular weight excluding hydrogens is 737 g/mol. The first kappa shape index (κ1) is 54.2. The summed E-state index contributed by atoms with van der Waals surface area (Å²) in [5.41, 5.74) is 5.34. The van der Waals surface area contributed by atoms with Gasteiger partial charge in [0.15, 0.2) is 6.10 Å². The number of allylic oxidation sites excluding steroid dienone is 14. The molecule has 0 spiro atoms. The number of hydrogen-bond acceptors (Lipinski definition) is 8. The molecule has 0 aliphatic heterocycles. The van der Waals surface area contributed by atoms with Crippen molar-refractivity contribution in [2.75, 3.05) is 26.4 Å². The van der Waals surface area contributed by atoms with Gasteiger partial charge in [0.25, 0.3) is 0 Å². The summed E-state index contributed by atoms with van der Waals surface area (Å²) in [5.74, 6) is -0.939. The number of nitrogens with two attached hydrogens (primary N) is 1. The summed E-state index contributed by atoms with van der Waals surface area (Å²) < 4.78 is 32.7. The molecule has 2 unspecified atom stereocenters. The number of esters is 2. The van der Waals surface area contributed by atoms with Crippen LogP contribution in [-0.4, -0.2) is 49.3 Å². The molecule has 0 bridgehead atoms. The van der Waals surface area contributed by atoms with Gasteiger partial charge in [0.05, 0.1) is 13.2 Å². The number of unbranched alkanes of at least 4 members (excludes halogenated alkanes) is 13. The Morgan fingerprint density at radius 3 is 1.51 bits per heavy atom. The quantitative estimate of drug-likeness (QED) is 0.0268. The topological polar surface area (TPSA) is 134 Å². The summed E-state index contributed by atoms with van der Waals surface area (Å²) in [6.07, 6.45) is 53.5. The van der Waals surface area contributed by atoms with Crippen molar-refractivity contribution in [2.24, 2.45) is 5.73 Å². The van der Waals surface area contributed by atoms with E-state index in [4.69, 9.17) is 24.3 Å². The van der Waals surface area contributed by atoms with Crippen LogP contribution < -0.4 is 5.73 Å². The maximum Gasteiger partial charge on any atom is 0.472 e. The van der Waals surface area contributed by atoms with Crippen LogP contribution in [0.4, 0.5) is 0 Å². The van der Waals surface area contributed by atoms with Crippen molar-refractivity contribution < 1.29 is 37.6 Å². The van der Waals surface area contributed by atoms with Crippen LogP contribution in [0.25, 0.3) is 0 Å². The minimum absolute atomic E-state index is 0.0373. The SMILES string of the molecule is CC/C=C\C/C=C\C/C=C\C/C=C\CCC(=O)OC(COC(=O)CCCCCCCCCC/C=C\C/C=C\C/C=C\CCCCCCC)COP(=O)(O)OCCN. The summed E-state index contributed by atoms with van der Waals surface area (Å²) in [4.78, 5) is 34.8. The van der Waals surface area contributed by atoms with E-state index in [1.165, 1.54) is 64.2 Å². The Bertz CT molecular complexity index is 1210. The highest BCUT2D eigenvalue weighted by atomic mass is 31.2. The lowest BCUT2D eigenvalue weighted by Gasteiger charge is -2.19. The number of rotatable bonds is 40. The van der Waals surface area contributed by atoms with Crippen molar-refractivity contribution >= 4 is 19.8 Å². The molecule has 0 fully saturated rings. The number of carbonyl (C=O) groups is 2. The van der Waals surface area contributed by atoms with Crippen LogP contribution >= 0.6 is 7.82 Å². The van der Waals surface area contributed by atoms with Crippen LogP contribution in [0.2, 0.25) is 0 Å². The molecule has 0 aromatic carbocycles. The molecule has 0 amide bonds.